The zero-order valence-electron chi connectivity index (χ0n) is 15.4. The SMILES string of the molecule is CC(NC(=O)CCCc1nnc(-c2ccccc2)o1)C1CC2CCC1C2. The first-order valence-electron chi connectivity index (χ1n) is 9.86. The molecular weight excluding hydrogens is 326 g/mol. The Kier molecular flexibility index (Phi) is 5.05. The monoisotopic (exact) mass is 353 g/mol. The number of fused-ring (bicyclic) bond motifs is 2. The van der Waals surface area contributed by atoms with Crippen molar-refractivity contribution in [2.75, 3.05) is 0 Å². The second-order valence-corrected chi connectivity index (χ2v) is 7.92. The van der Waals surface area contributed by atoms with Crippen LogP contribution in [0.4, 0.5) is 0 Å². The molecule has 4 rings (SSSR count). The predicted molar refractivity (Wildman–Crippen MR) is 99.2 cm³/mol. The standard InChI is InChI=1S/C21H27N3O2/c1-14(18-13-15-10-11-17(18)12-15)22-19(25)8-5-9-20-23-24-21(26-20)16-6-3-2-4-7-16/h2-4,6-7,14-15,17-18H,5,8-13H2,1H3,(H,22,25). The van der Waals surface area contributed by atoms with E-state index in [1.165, 1.54) is 25.7 Å². The van der Waals surface area contributed by atoms with Crippen LogP contribution >= 0.6 is 0 Å². The van der Waals surface area contributed by atoms with Crippen molar-refractivity contribution in [3.05, 3.63) is 36.2 Å². The fraction of sp³-hybridized carbons (Fsp3) is 0.571. The second kappa shape index (κ2) is 7.60. The van der Waals surface area contributed by atoms with Crippen LogP contribution < -0.4 is 5.32 Å². The number of carbonyl (C=O) groups is 1. The molecule has 138 valence electrons. The van der Waals surface area contributed by atoms with E-state index in [4.69, 9.17) is 4.42 Å². The molecule has 5 heteroatoms. The Balaban J connectivity index is 1.21. The van der Waals surface area contributed by atoms with E-state index in [0.717, 1.165) is 23.8 Å². The molecule has 26 heavy (non-hydrogen) atoms. The maximum Gasteiger partial charge on any atom is 0.247 e. The quantitative estimate of drug-likeness (QED) is 0.817. The summed E-state index contributed by atoms with van der Waals surface area (Å²) in [5.74, 6) is 3.71. The third-order valence-corrected chi connectivity index (χ3v) is 6.11. The summed E-state index contributed by atoms with van der Waals surface area (Å²) in [5.41, 5.74) is 0.920. The highest BCUT2D eigenvalue weighted by Crippen LogP contribution is 2.49. The molecule has 2 aliphatic carbocycles. The van der Waals surface area contributed by atoms with E-state index in [1.807, 2.05) is 30.3 Å². The third-order valence-electron chi connectivity index (χ3n) is 6.11. The maximum absolute atomic E-state index is 12.3. The Morgan fingerprint density at radius 1 is 1.23 bits per heavy atom. The molecule has 5 nitrogen and oxygen atoms in total. The van der Waals surface area contributed by atoms with Crippen LogP contribution in [-0.4, -0.2) is 22.1 Å². The first kappa shape index (κ1) is 17.3. The van der Waals surface area contributed by atoms with Crippen molar-refractivity contribution >= 4 is 5.91 Å². The topological polar surface area (TPSA) is 68.0 Å². The first-order chi connectivity index (χ1) is 12.7. The minimum atomic E-state index is 0.142. The molecule has 0 radical (unpaired) electrons. The highest BCUT2D eigenvalue weighted by atomic mass is 16.4. The predicted octanol–water partition coefficient (Wildman–Crippen LogP) is 4.00. The normalized spacial score (nSPS) is 25.3. The Hall–Kier alpha value is -2.17. The van der Waals surface area contributed by atoms with Crippen molar-refractivity contribution in [2.24, 2.45) is 17.8 Å². The van der Waals surface area contributed by atoms with Crippen LogP contribution in [0.1, 0.15) is 51.3 Å². The number of carbonyl (C=O) groups excluding carboxylic acids is 1. The molecule has 4 unspecified atom stereocenters. The lowest BCUT2D eigenvalue weighted by Gasteiger charge is -2.28. The smallest absolute Gasteiger partial charge is 0.247 e. The van der Waals surface area contributed by atoms with Crippen molar-refractivity contribution < 1.29 is 9.21 Å². The molecule has 2 bridgehead atoms. The largest absolute Gasteiger partial charge is 0.421 e. The van der Waals surface area contributed by atoms with Gasteiger partial charge in [0.15, 0.2) is 0 Å². The Bertz CT molecular complexity index is 743. The van der Waals surface area contributed by atoms with Gasteiger partial charge in [0.05, 0.1) is 0 Å². The fourth-order valence-corrected chi connectivity index (χ4v) is 4.79. The zero-order valence-corrected chi connectivity index (χ0v) is 15.4. The molecule has 2 aromatic rings. The third kappa shape index (κ3) is 3.81. The molecule has 0 saturated heterocycles. The molecule has 2 aliphatic rings. The molecule has 1 amide bonds. The van der Waals surface area contributed by atoms with E-state index in [0.29, 0.717) is 36.6 Å². The second-order valence-electron chi connectivity index (χ2n) is 7.92. The summed E-state index contributed by atoms with van der Waals surface area (Å²) in [7, 11) is 0. The van der Waals surface area contributed by atoms with Gasteiger partial charge >= 0.3 is 0 Å². The number of benzene rings is 1. The van der Waals surface area contributed by atoms with Crippen molar-refractivity contribution in [3.8, 4) is 11.5 Å². The minimum absolute atomic E-state index is 0.142. The van der Waals surface area contributed by atoms with E-state index in [9.17, 15) is 4.79 Å². The lowest BCUT2D eigenvalue weighted by molar-refractivity contribution is -0.122. The number of aryl methyl sites for hydroxylation is 1. The Labute approximate surface area is 154 Å². The van der Waals surface area contributed by atoms with Crippen LogP contribution in [0.3, 0.4) is 0 Å². The summed E-state index contributed by atoms with van der Waals surface area (Å²) in [4.78, 5) is 12.3. The lowest BCUT2D eigenvalue weighted by atomic mass is 9.84. The average molecular weight is 353 g/mol. The van der Waals surface area contributed by atoms with E-state index in [-0.39, 0.29) is 5.91 Å². The molecule has 1 heterocycles. The van der Waals surface area contributed by atoms with Crippen LogP contribution in [-0.2, 0) is 11.2 Å². The van der Waals surface area contributed by atoms with Gasteiger partial charge in [0, 0.05) is 24.4 Å². The van der Waals surface area contributed by atoms with Gasteiger partial charge in [-0.05, 0) is 62.5 Å². The molecule has 1 N–H and O–H groups in total. The molecule has 2 fully saturated rings. The van der Waals surface area contributed by atoms with Gasteiger partial charge in [-0.15, -0.1) is 10.2 Å². The summed E-state index contributed by atoms with van der Waals surface area (Å²) >= 11 is 0. The van der Waals surface area contributed by atoms with Gasteiger partial charge in [-0.25, -0.2) is 0 Å². The van der Waals surface area contributed by atoms with E-state index in [1.54, 1.807) is 0 Å². The van der Waals surface area contributed by atoms with Crippen molar-refractivity contribution in [1.82, 2.24) is 15.5 Å². The summed E-state index contributed by atoms with van der Waals surface area (Å²) in [6.45, 7) is 2.17. The number of nitrogens with one attached hydrogen (secondary N) is 1. The van der Waals surface area contributed by atoms with Gasteiger partial charge in [-0.2, -0.15) is 0 Å². The van der Waals surface area contributed by atoms with Gasteiger partial charge < -0.3 is 9.73 Å². The van der Waals surface area contributed by atoms with Crippen molar-refractivity contribution in [2.45, 2.75) is 57.9 Å². The van der Waals surface area contributed by atoms with Gasteiger partial charge in [-0.3, -0.25) is 4.79 Å². The number of hydrogen-bond donors (Lipinski definition) is 1. The van der Waals surface area contributed by atoms with Crippen LogP contribution in [0.5, 0.6) is 0 Å². The van der Waals surface area contributed by atoms with Crippen molar-refractivity contribution in [3.63, 3.8) is 0 Å². The van der Waals surface area contributed by atoms with Gasteiger partial charge in [0.2, 0.25) is 17.7 Å². The van der Waals surface area contributed by atoms with Gasteiger partial charge in [-0.1, -0.05) is 24.6 Å². The van der Waals surface area contributed by atoms with E-state index in [2.05, 4.69) is 22.4 Å². The molecule has 4 atom stereocenters. The lowest BCUT2D eigenvalue weighted by Crippen LogP contribution is -2.40. The summed E-state index contributed by atoms with van der Waals surface area (Å²) < 4.78 is 5.69. The molecule has 2 saturated carbocycles. The molecule has 0 aliphatic heterocycles. The average Bonchev–Trinajstić information content (AvgIpc) is 3.39. The number of rotatable bonds is 7. The first-order valence-corrected chi connectivity index (χ1v) is 9.86. The molecule has 1 aromatic heterocycles. The number of nitrogens with zero attached hydrogens (tertiary/aromatic N) is 2. The van der Waals surface area contributed by atoms with Crippen LogP contribution in [0, 0.1) is 17.8 Å². The molecule has 1 aromatic carbocycles. The summed E-state index contributed by atoms with van der Waals surface area (Å²) in [6.07, 6.45) is 7.31. The maximum atomic E-state index is 12.3. The van der Waals surface area contributed by atoms with Crippen LogP contribution in [0.2, 0.25) is 0 Å². The van der Waals surface area contributed by atoms with Crippen LogP contribution in [0.15, 0.2) is 34.7 Å². The highest BCUT2D eigenvalue weighted by Gasteiger charge is 2.42. The molecule has 0 spiro atoms. The summed E-state index contributed by atoms with van der Waals surface area (Å²) in [5, 5.41) is 11.4. The van der Waals surface area contributed by atoms with E-state index >= 15 is 0 Å². The highest BCUT2D eigenvalue weighted by molar-refractivity contribution is 5.76. The van der Waals surface area contributed by atoms with Gasteiger partial charge in [0.1, 0.15) is 0 Å². The Morgan fingerprint density at radius 2 is 2.08 bits per heavy atom. The summed E-state index contributed by atoms with van der Waals surface area (Å²) in [6, 6.07) is 10.0. The van der Waals surface area contributed by atoms with E-state index < -0.39 is 0 Å². The van der Waals surface area contributed by atoms with Crippen LogP contribution in [0.25, 0.3) is 11.5 Å². The fourth-order valence-electron chi connectivity index (χ4n) is 4.79. The van der Waals surface area contributed by atoms with Crippen molar-refractivity contribution in [1.29, 1.82) is 0 Å². The number of hydrogen-bond acceptors (Lipinski definition) is 4. The number of aromatic nitrogens is 2. The molecular formula is C21H27N3O2. The number of amides is 1. The Morgan fingerprint density at radius 3 is 2.81 bits per heavy atom. The van der Waals surface area contributed by atoms with Gasteiger partial charge in [0.25, 0.3) is 0 Å². The zero-order chi connectivity index (χ0) is 17.9. The minimum Gasteiger partial charge on any atom is -0.421 e.